The predicted octanol–water partition coefficient (Wildman–Crippen LogP) is 23.0. The van der Waals surface area contributed by atoms with Gasteiger partial charge in [0.05, 0.1) is 32.8 Å². The summed E-state index contributed by atoms with van der Waals surface area (Å²) in [6.45, 7) is 4.32. The molecule has 5 unspecified atom stereocenters. The zero-order valence-electron chi connectivity index (χ0n) is 64.4. The van der Waals surface area contributed by atoms with Crippen molar-refractivity contribution in [1.29, 1.82) is 0 Å². The highest BCUT2D eigenvalue weighted by atomic mass is 31.2. The van der Waals surface area contributed by atoms with Crippen molar-refractivity contribution < 1.29 is 80.2 Å². The molecule has 0 heterocycles. The van der Waals surface area contributed by atoms with Gasteiger partial charge in [0.15, 0.2) is 12.2 Å². The van der Waals surface area contributed by atoms with Gasteiger partial charge in [-0.1, -0.05) is 301 Å². The van der Waals surface area contributed by atoms with Crippen LogP contribution in [0.5, 0.6) is 0 Å². The Bertz CT molecular complexity index is 2640. The van der Waals surface area contributed by atoms with Crippen molar-refractivity contribution in [2.24, 2.45) is 0 Å². The van der Waals surface area contributed by atoms with Gasteiger partial charge < -0.3 is 33.8 Å². The molecule has 3 N–H and O–H groups in total. The number of aliphatic hydroxyl groups is 1. The second-order valence-electron chi connectivity index (χ2n) is 25.5. The summed E-state index contributed by atoms with van der Waals surface area (Å²) in [7, 11) is -10.0. The summed E-state index contributed by atoms with van der Waals surface area (Å²) in [5.41, 5.74) is 0. The van der Waals surface area contributed by atoms with E-state index in [1.165, 1.54) is 64.2 Å². The van der Waals surface area contributed by atoms with Gasteiger partial charge in [0.1, 0.15) is 19.3 Å². The Labute approximate surface area is 629 Å². The smallest absolute Gasteiger partial charge is 0.462 e. The molecule has 0 aliphatic heterocycles. The van der Waals surface area contributed by atoms with Crippen LogP contribution in [0.3, 0.4) is 0 Å². The van der Waals surface area contributed by atoms with Crippen molar-refractivity contribution in [1.82, 2.24) is 0 Å². The number of hydrogen-bond acceptors (Lipinski definition) is 15. The van der Waals surface area contributed by atoms with Crippen LogP contribution in [0, 0.1) is 0 Å². The van der Waals surface area contributed by atoms with E-state index in [1.807, 2.05) is 24.3 Å². The van der Waals surface area contributed by atoms with Crippen LogP contribution >= 0.6 is 15.6 Å². The highest BCUT2D eigenvalue weighted by molar-refractivity contribution is 7.47. The second-order valence-corrected chi connectivity index (χ2v) is 28.4. The molecule has 0 rings (SSSR count). The monoisotopic (exact) mass is 1490 g/mol. The Morgan fingerprint density at radius 2 is 0.548 bits per heavy atom. The molecule has 0 radical (unpaired) electrons. The average molecular weight is 1490 g/mol. The first-order valence-electron chi connectivity index (χ1n) is 39.4. The number of allylic oxidation sites excluding steroid dienone is 27. The Balaban J connectivity index is 5.50. The Kier molecular flexibility index (Phi) is 71.6. The van der Waals surface area contributed by atoms with Gasteiger partial charge in [-0.15, -0.1) is 0 Å². The summed E-state index contributed by atoms with van der Waals surface area (Å²) in [6, 6.07) is 0. The first-order valence-corrected chi connectivity index (χ1v) is 42.4. The van der Waals surface area contributed by atoms with E-state index in [9.17, 15) is 43.2 Å². The minimum atomic E-state index is -5.02. The summed E-state index contributed by atoms with van der Waals surface area (Å²) in [4.78, 5) is 72.9. The molecule has 0 saturated carbocycles. The zero-order valence-corrected chi connectivity index (χ0v) is 66.2. The molecule has 0 saturated heterocycles. The van der Waals surface area contributed by atoms with Crippen molar-refractivity contribution in [3.05, 3.63) is 170 Å². The van der Waals surface area contributed by atoms with Gasteiger partial charge >= 0.3 is 39.5 Å². The second kappa shape index (κ2) is 75.6. The number of phosphoric acid groups is 2. The number of unbranched alkanes of at least 4 members (excludes halogenated alkanes) is 19. The first-order chi connectivity index (χ1) is 50.7. The number of carbonyl (C=O) groups excluding carboxylic acids is 4. The fourth-order valence-electron chi connectivity index (χ4n) is 9.85. The molecule has 5 atom stereocenters. The standard InChI is InChI=1S/C85H138O17P2/c1-5-9-13-17-21-25-29-33-37-39-43-45-49-53-57-61-65-69-82(87)95-75-80(101-84(89)71-67-63-59-55-51-47-41-35-31-27-23-19-15-11-7-3)77-99-103(91,92)97-73-79(86)74-98-104(93,94)100-78-81(102-85(90)72-68-64-60-56-52-48-42-36-32-28-24-20-16-12-8-4)76-96-83(88)70-66-62-58-54-50-46-44-40-38-34-30-26-22-18-14-10-6-2/h9-11,13-15,21-23,25-27,33-35,37-38,41,43-46,51,54-55,58,63,67,79-81,86H,5-8,12,16-20,24,28-32,36,39-40,42,47-50,52-53,56-57,59-62,64-66,68-78H2,1-4H3,(H,91,92)(H,93,94)/b13-9-,14-10-,15-11-,25-21-,26-22-,27-23-,37-33-,38-34-,41-35-,45-43-,46-44-,55-51-,58-54-,67-63-. The molecule has 0 spiro atoms. The Morgan fingerprint density at radius 3 is 0.894 bits per heavy atom. The van der Waals surface area contributed by atoms with Crippen molar-refractivity contribution in [3.8, 4) is 0 Å². The van der Waals surface area contributed by atoms with Crippen LogP contribution in [-0.2, 0) is 65.4 Å². The maximum absolute atomic E-state index is 13.1. The molecular weight excluding hydrogens is 1350 g/mol. The lowest BCUT2D eigenvalue weighted by Gasteiger charge is -2.21. The van der Waals surface area contributed by atoms with E-state index in [0.29, 0.717) is 32.1 Å². The lowest BCUT2D eigenvalue weighted by molar-refractivity contribution is -0.161. The maximum atomic E-state index is 13.1. The third kappa shape index (κ3) is 74.7. The van der Waals surface area contributed by atoms with Crippen molar-refractivity contribution in [2.75, 3.05) is 39.6 Å². The van der Waals surface area contributed by atoms with Crippen LogP contribution in [0.2, 0.25) is 0 Å². The van der Waals surface area contributed by atoms with Crippen LogP contribution < -0.4 is 0 Å². The molecule has 0 fully saturated rings. The summed E-state index contributed by atoms with van der Waals surface area (Å²) in [5.74, 6) is -2.43. The number of phosphoric ester groups is 2. The zero-order chi connectivity index (χ0) is 76.0. The molecule has 104 heavy (non-hydrogen) atoms. The lowest BCUT2D eigenvalue weighted by Crippen LogP contribution is -2.30. The fourth-order valence-corrected chi connectivity index (χ4v) is 11.4. The van der Waals surface area contributed by atoms with E-state index in [4.69, 9.17) is 37.0 Å². The largest absolute Gasteiger partial charge is 0.472 e. The van der Waals surface area contributed by atoms with E-state index in [0.717, 1.165) is 135 Å². The van der Waals surface area contributed by atoms with E-state index >= 15 is 0 Å². The van der Waals surface area contributed by atoms with Gasteiger partial charge in [-0.25, -0.2) is 9.13 Å². The quantitative estimate of drug-likeness (QED) is 0.0169. The third-order valence-electron chi connectivity index (χ3n) is 15.7. The molecule has 19 heteroatoms. The molecule has 590 valence electrons. The number of ether oxygens (including phenoxy) is 4. The lowest BCUT2D eigenvalue weighted by atomic mass is 10.0. The molecule has 0 aliphatic carbocycles. The molecule has 0 aromatic carbocycles. The minimum absolute atomic E-state index is 0.0772. The average Bonchev–Trinajstić information content (AvgIpc) is 0.937. The SMILES string of the molecule is CC/C=C\C/C=C\C/C=C\C/C=C\C/C=C\CCCC(=O)OCC(COP(=O)(O)OCC(O)COP(=O)(O)OCC(COC(=O)CCCCCC/C=C\C/C=C\C/C=C\C/C=C\CC)OC(=O)C/C=C\C/C=C\C/C=C\C/C=C\C/C=C\CC)OC(=O)CCCCCCCCCCCCCCCCC. The van der Waals surface area contributed by atoms with Crippen molar-refractivity contribution >= 4 is 39.5 Å². The van der Waals surface area contributed by atoms with E-state index in [1.54, 1.807) is 12.2 Å². The highest BCUT2D eigenvalue weighted by Gasteiger charge is 2.30. The minimum Gasteiger partial charge on any atom is -0.462 e. The van der Waals surface area contributed by atoms with E-state index in [-0.39, 0.29) is 25.7 Å². The molecule has 0 bridgehead atoms. The summed E-state index contributed by atoms with van der Waals surface area (Å²) < 4.78 is 68.4. The van der Waals surface area contributed by atoms with Crippen LogP contribution in [0.15, 0.2) is 170 Å². The highest BCUT2D eigenvalue weighted by Crippen LogP contribution is 2.45. The van der Waals surface area contributed by atoms with Gasteiger partial charge in [-0.05, 0) is 128 Å². The van der Waals surface area contributed by atoms with E-state index in [2.05, 4.69) is 161 Å². The molecule has 0 amide bonds. The number of aliphatic hydroxyl groups excluding tert-OH is 1. The molecule has 0 aromatic rings. The fraction of sp³-hybridized carbons (Fsp3) is 0.624. The third-order valence-corrected chi connectivity index (χ3v) is 17.6. The molecule has 0 aliphatic rings. The molecule has 0 aromatic heterocycles. The number of carbonyl (C=O) groups is 4. The topological polar surface area (TPSA) is 237 Å². The van der Waals surface area contributed by atoms with Gasteiger partial charge in [0, 0.05) is 19.3 Å². The number of rotatable bonds is 72. The predicted molar refractivity (Wildman–Crippen MR) is 426 cm³/mol. The summed E-state index contributed by atoms with van der Waals surface area (Å²) >= 11 is 0. The maximum Gasteiger partial charge on any atom is 0.472 e. The van der Waals surface area contributed by atoms with Crippen LogP contribution in [0.4, 0.5) is 0 Å². The van der Waals surface area contributed by atoms with Gasteiger partial charge in [-0.2, -0.15) is 0 Å². The van der Waals surface area contributed by atoms with Gasteiger partial charge in [-0.3, -0.25) is 37.3 Å². The van der Waals surface area contributed by atoms with Crippen molar-refractivity contribution in [3.63, 3.8) is 0 Å². The Hall–Kier alpha value is -5.58. The Morgan fingerprint density at radius 1 is 0.288 bits per heavy atom. The normalized spacial score (nSPS) is 14.8. The number of hydrogen-bond donors (Lipinski definition) is 3. The van der Waals surface area contributed by atoms with Crippen LogP contribution in [-0.4, -0.2) is 96.7 Å². The van der Waals surface area contributed by atoms with E-state index < -0.39 is 97.5 Å². The van der Waals surface area contributed by atoms with Crippen LogP contribution in [0.1, 0.15) is 285 Å². The molecular formula is C85H138O17P2. The summed E-state index contributed by atoms with van der Waals surface area (Å²) in [6.07, 6.45) is 89.5. The van der Waals surface area contributed by atoms with Gasteiger partial charge in [0.2, 0.25) is 0 Å². The number of esters is 4. The van der Waals surface area contributed by atoms with Crippen LogP contribution in [0.25, 0.3) is 0 Å². The van der Waals surface area contributed by atoms with Crippen molar-refractivity contribution in [2.45, 2.75) is 303 Å². The summed E-state index contributed by atoms with van der Waals surface area (Å²) in [5, 5.41) is 10.6. The molecule has 17 nitrogen and oxygen atoms in total. The van der Waals surface area contributed by atoms with Gasteiger partial charge in [0.25, 0.3) is 0 Å². The first kappa shape index (κ1) is 98.4.